The van der Waals surface area contributed by atoms with Crippen LogP contribution in [0.3, 0.4) is 0 Å². The summed E-state index contributed by atoms with van der Waals surface area (Å²) in [6.45, 7) is 2.17. The average molecular weight is 383 g/mol. The molecular formula is C18H27F5NP. The Hall–Kier alpha value is -1.03. The Balaban J connectivity index is 2.22. The van der Waals surface area contributed by atoms with Crippen LogP contribution < -0.4 is 0 Å². The van der Waals surface area contributed by atoms with Gasteiger partial charge in [0.1, 0.15) is 0 Å². The van der Waals surface area contributed by atoms with Crippen LogP contribution in [0.4, 0.5) is 21.0 Å². The number of nitrogens with zero attached hydrogens (tertiary/aromatic N) is 1. The second-order valence-corrected chi connectivity index (χ2v) is 9.95. The van der Waals surface area contributed by atoms with Gasteiger partial charge in [-0.2, -0.15) is 0 Å². The van der Waals surface area contributed by atoms with Gasteiger partial charge in [-0.1, -0.05) is 0 Å². The number of halogens is 5. The first-order valence-corrected chi connectivity index (χ1v) is 10.9. The maximum absolute atomic E-state index is 13.3. The van der Waals surface area contributed by atoms with E-state index in [1.54, 1.807) is 12.1 Å². The van der Waals surface area contributed by atoms with E-state index in [0.717, 1.165) is 51.3 Å². The van der Waals surface area contributed by atoms with Crippen LogP contribution in [0.2, 0.25) is 0 Å². The molecular weight excluding hydrogens is 356 g/mol. The van der Waals surface area contributed by atoms with Crippen molar-refractivity contribution in [2.24, 2.45) is 5.92 Å². The van der Waals surface area contributed by atoms with Gasteiger partial charge in [0.25, 0.3) is 0 Å². The van der Waals surface area contributed by atoms with Gasteiger partial charge < -0.3 is 0 Å². The fourth-order valence-corrected chi connectivity index (χ4v) is 5.37. The van der Waals surface area contributed by atoms with E-state index < -0.39 is 18.5 Å². The predicted octanol–water partition coefficient (Wildman–Crippen LogP) is 7.29. The summed E-state index contributed by atoms with van der Waals surface area (Å²) in [5, 5.41) is 0. The van der Waals surface area contributed by atoms with Crippen LogP contribution in [0.5, 0.6) is 0 Å². The quantitative estimate of drug-likeness (QED) is 0.217. The molecule has 0 aliphatic heterocycles. The Labute approximate surface area is 146 Å². The van der Waals surface area contributed by atoms with Gasteiger partial charge in [0.2, 0.25) is 0 Å². The molecule has 0 amide bonds. The molecule has 0 saturated heterocycles. The fourth-order valence-electron chi connectivity index (χ4n) is 3.98. The van der Waals surface area contributed by atoms with E-state index in [0.29, 0.717) is 10.5 Å². The number of hydrogen-bond acceptors (Lipinski definition) is 0. The molecule has 1 fully saturated rings. The first kappa shape index (κ1) is 20.3. The van der Waals surface area contributed by atoms with Crippen molar-refractivity contribution < 1.29 is 25.6 Å². The predicted molar refractivity (Wildman–Crippen MR) is 94.7 cm³/mol. The van der Waals surface area contributed by atoms with Gasteiger partial charge in [-0.15, -0.1) is 0 Å². The molecule has 0 radical (unpaired) electrons. The normalized spacial score (nSPS) is 24.3. The third-order valence-corrected chi connectivity index (χ3v) is 6.47. The van der Waals surface area contributed by atoms with E-state index in [1.807, 2.05) is 0 Å². The standard InChI is InChI=1S/C18H27F5NP/c1-4-5-14-6-8-15(9-7-14)16-10-12-17(13-11-16)18(24(2)3)25(19,20,21,22)23/h10-15H,4-9H2,1-3H3. The summed E-state index contributed by atoms with van der Waals surface area (Å²) < 4.78 is 67.1. The van der Waals surface area contributed by atoms with Crippen LogP contribution in [-0.4, -0.2) is 24.1 Å². The Kier molecular flexibility index (Phi) is 5.11. The van der Waals surface area contributed by atoms with E-state index in [1.165, 1.54) is 25.0 Å². The molecule has 1 aromatic carbocycles. The third-order valence-electron chi connectivity index (χ3n) is 5.01. The molecule has 1 aliphatic carbocycles. The summed E-state index contributed by atoms with van der Waals surface area (Å²) >= 11 is 0. The average Bonchev–Trinajstić information content (AvgIpc) is 2.46. The van der Waals surface area contributed by atoms with Gasteiger partial charge in [-0.3, -0.25) is 0 Å². The molecule has 144 valence electrons. The molecule has 1 saturated carbocycles. The Morgan fingerprint density at radius 1 is 0.960 bits per heavy atom. The fraction of sp³-hybridized carbons (Fsp3) is 0.611. The molecule has 1 aromatic rings. The van der Waals surface area contributed by atoms with Crippen LogP contribution in [-0.2, 0) is 0 Å². The van der Waals surface area contributed by atoms with Crippen molar-refractivity contribution in [3.63, 3.8) is 0 Å². The van der Waals surface area contributed by atoms with Crippen LogP contribution in [0.15, 0.2) is 24.3 Å². The van der Waals surface area contributed by atoms with E-state index in [-0.39, 0.29) is 0 Å². The zero-order valence-electron chi connectivity index (χ0n) is 15.0. The van der Waals surface area contributed by atoms with Gasteiger partial charge in [0, 0.05) is 0 Å². The van der Waals surface area contributed by atoms with E-state index in [4.69, 9.17) is 0 Å². The molecule has 0 heterocycles. The van der Waals surface area contributed by atoms with Gasteiger partial charge in [0.15, 0.2) is 0 Å². The molecule has 0 unspecified atom stereocenters. The molecule has 25 heavy (non-hydrogen) atoms. The molecule has 1 aliphatic rings. The first-order chi connectivity index (χ1) is 11.3. The van der Waals surface area contributed by atoms with E-state index in [2.05, 4.69) is 6.92 Å². The van der Waals surface area contributed by atoms with Gasteiger partial charge in [-0.05, 0) is 0 Å². The van der Waals surface area contributed by atoms with Crippen LogP contribution in [0, 0.1) is 5.92 Å². The molecule has 1 nitrogen and oxygen atoms in total. The maximum atomic E-state index is 13.3. The van der Waals surface area contributed by atoms with E-state index in [9.17, 15) is 21.0 Å². The third kappa shape index (κ3) is 5.22. The number of benzene rings is 1. The summed E-state index contributed by atoms with van der Waals surface area (Å²) in [4.78, 5) is 0. The first-order valence-electron chi connectivity index (χ1n) is 8.80. The summed E-state index contributed by atoms with van der Waals surface area (Å²) in [6.07, 6.45) is 6.66. The summed E-state index contributed by atoms with van der Waals surface area (Å²) in [5.41, 5.74) is -1.34. The Bertz CT molecular complexity index is 636. The Morgan fingerprint density at radius 2 is 1.48 bits per heavy atom. The van der Waals surface area contributed by atoms with Crippen LogP contribution >= 0.6 is 7.50 Å². The van der Waals surface area contributed by atoms with Gasteiger partial charge >= 0.3 is 145 Å². The van der Waals surface area contributed by atoms with Crippen molar-refractivity contribution in [1.82, 2.24) is 0 Å². The minimum atomic E-state index is -9.98. The second kappa shape index (κ2) is 6.29. The molecule has 0 atom stereocenters. The summed E-state index contributed by atoms with van der Waals surface area (Å²) in [5.74, 6) is 1.05. The van der Waals surface area contributed by atoms with Crippen molar-refractivity contribution in [3.05, 3.63) is 35.4 Å². The van der Waals surface area contributed by atoms with Crippen LogP contribution in [0.1, 0.15) is 62.5 Å². The van der Waals surface area contributed by atoms with Crippen LogP contribution in [0.25, 0.3) is 0 Å². The van der Waals surface area contributed by atoms with Crippen molar-refractivity contribution in [3.8, 4) is 0 Å². The number of hydrogen-bond donors (Lipinski definition) is 0. The zero-order valence-corrected chi connectivity index (χ0v) is 15.9. The van der Waals surface area contributed by atoms with Crippen molar-refractivity contribution >= 4 is 13.0 Å². The monoisotopic (exact) mass is 383 g/mol. The van der Waals surface area contributed by atoms with Crippen molar-refractivity contribution in [2.45, 2.75) is 51.4 Å². The molecule has 0 spiro atoms. The van der Waals surface area contributed by atoms with Crippen molar-refractivity contribution in [1.29, 1.82) is 0 Å². The second-order valence-electron chi connectivity index (χ2n) is 7.41. The van der Waals surface area contributed by atoms with Crippen molar-refractivity contribution in [2.75, 3.05) is 14.1 Å². The topological polar surface area (TPSA) is 3.01 Å². The molecule has 2 rings (SSSR count). The molecule has 0 bridgehead atoms. The summed E-state index contributed by atoms with van der Waals surface area (Å²) in [7, 11) is -7.98. The van der Waals surface area contributed by atoms with Gasteiger partial charge in [0.05, 0.1) is 0 Å². The molecule has 7 heteroatoms. The molecule has 0 aromatic heterocycles. The molecule has 0 N–H and O–H groups in total. The van der Waals surface area contributed by atoms with Gasteiger partial charge in [-0.25, -0.2) is 0 Å². The SMILES string of the molecule is CCCC1CCC(c2ccc(C(=[N+](C)C)[P-](F)(F)(F)(F)F)cc2)CC1. The Morgan fingerprint density at radius 3 is 1.88 bits per heavy atom. The zero-order chi connectivity index (χ0) is 18.9. The summed E-state index contributed by atoms with van der Waals surface area (Å²) in [6, 6.07) is 5.53. The van der Waals surface area contributed by atoms with E-state index >= 15 is 0 Å². The number of rotatable bonds is 5. The minimum absolute atomic E-state index is 0.312.